The lowest BCUT2D eigenvalue weighted by molar-refractivity contribution is -0.136. The highest BCUT2D eigenvalue weighted by Crippen LogP contribution is 2.41. The largest absolute Gasteiger partial charge is 0.483 e. The summed E-state index contributed by atoms with van der Waals surface area (Å²) in [6.45, 7) is 1.73. The highest BCUT2D eigenvalue weighted by atomic mass is 35.5. The molecule has 1 aliphatic heterocycles. The average Bonchev–Trinajstić information content (AvgIpc) is 2.62. The number of carbonyl (C=O) groups excluding carboxylic acids is 1. The number of aliphatic carboxylic acids is 1. The minimum absolute atomic E-state index is 0.0470. The molecule has 26 heavy (non-hydrogen) atoms. The summed E-state index contributed by atoms with van der Waals surface area (Å²) in [5.74, 6) is -0.481. The number of aromatic nitrogens is 1. The fourth-order valence-electron chi connectivity index (χ4n) is 2.61. The van der Waals surface area contributed by atoms with Gasteiger partial charge in [0.1, 0.15) is 17.6 Å². The van der Waals surface area contributed by atoms with Crippen LogP contribution in [0.25, 0.3) is 0 Å². The van der Waals surface area contributed by atoms with E-state index in [1.165, 1.54) is 4.90 Å². The number of benzene rings is 1. The fourth-order valence-corrected chi connectivity index (χ4v) is 2.82. The van der Waals surface area contributed by atoms with Gasteiger partial charge in [0.2, 0.25) is 0 Å². The maximum atomic E-state index is 12.1. The summed E-state index contributed by atoms with van der Waals surface area (Å²) < 4.78 is 11.3. The molecule has 3 rings (SSSR count). The van der Waals surface area contributed by atoms with Gasteiger partial charge in [-0.05, 0) is 25.1 Å². The predicted octanol–water partition coefficient (Wildman–Crippen LogP) is 3.08. The van der Waals surface area contributed by atoms with E-state index < -0.39 is 5.97 Å². The van der Waals surface area contributed by atoms with Gasteiger partial charge in [0.15, 0.2) is 6.61 Å². The lowest BCUT2D eigenvalue weighted by Gasteiger charge is -2.30. The van der Waals surface area contributed by atoms with E-state index in [9.17, 15) is 9.59 Å². The molecule has 2 heterocycles. The number of rotatable bonds is 6. The maximum absolute atomic E-state index is 12.1. The SMILES string of the molecule is C[C@@H](Oc1cc2c(cc1Cl)N(CCC(=O)O)C(=O)CO2)c1ccccn1. The van der Waals surface area contributed by atoms with Gasteiger partial charge in [-0.2, -0.15) is 0 Å². The molecule has 1 aromatic heterocycles. The topological polar surface area (TPSA) is 89.0 Å². The summed E-state index contributed by atoms with van der Waals surface area (Å²) >= 11 is 6.31. The third kappa shape index (κ3) is 3.88. The van der Waals surface area contributed by atoms with Gasteiger partial charge in [0, 0.05) is 18.8 Å². The monoisotopic (exact) mass is 376 g/mol. The zero-order valence-corrected chi connectivity index (χ0v) is 14.8. The number of anilines is 1. The van der Waals surface area contributed by atoms with Crippen LogP contribution in [-0.2, 0) is 9.59 Å². The lowest BCUT2D eigenvalue weighted by atomic mass is 10.2. The van der Waals surface area contributed by atoms with Gasteiger partial charge in [0.25, 0.3) is 5.91 Å². The number of nitrogens with zero attached hydrogens (tertiary/aromatic N) is 2. The van der Waals surface area contributed by atoms with Gasteiger partial charge >= 0.3 is 5.97 Å². The third-order valence-corrected chi connectivity index (χ3v) is 4.21. The molecular weight excluding hydrogens is 360 g/mol. The molecule has 0 saturated carbocycles. The maximum Gasteiger partial charge on any atom is 0.305 e. The summed E-state index contributed by atoms with van der Waals surface area (Å²) in [5, 5.41) is 9.16. The summed E-state index contributed by atoms with van der Waals surface area (Å²) in [5.41, 5.74) is 1.19. The number of hydrogen-bond acceptors (Lipinski definition) is 5. The van der Waals surface area contributed by atoms with Crippen molar-refractivity contribution in [3.05, 3.63) is 47.2 Å². The number of ether oxygens (including phenoxy) is 2. The molecule has 0 spiro atoms. The van der Waals surface area contributed by atoms with Crippen LogP contribution in [0, 0.1) is 0 Å². The van der Waals surface area contributed by atoms with E-state index in [0.717, 1.165) is 5.69 Å². The van der Waals surface area contributed by atoms with Crippen LogP contribution >= 0.6 is 11.6 Å². The Bertz CT molecular complexity index is 828. The van der Waals surface area contributed by atoms with Crippen LogP contribution < -0.4 is 14.4 Å². The molecule has 2 aromatic rings. The molecule has 1 atom stereocenters. The van der Waals surface area contributed by atoms with Gasteiger partial charge in [0.05, 0.1) is 22.8 Å². The van der Waals surface area contributed by atoms with Crippen molar-refractivity contribution in [2.75, 3.05) is 18.1 Å². The number of carboxylic acids is 1. The first-order valence-corrected chi connectivity index (χ1v) is 8.39. The molecule has 0 bridgehead atoms. The number of halogens is 1. The van der Waals surface area contributed by atoms with Crippen LogP contribution in [0.5, 0.6) is 11.5 Å². The van der Waals surface area contributed by atoms with Crippen molar-refractivity contribution in [2.45, 2.75) is 19.4 Å². The molecular formula is C18H17ClN2O5. The van der Waals surface area contributed by atoms with Crippen LogP contribution in [0.4, 0.5) is 5.69 Å². The second kappa shape index (κ2) is 7.61. The zero-order valence-electron chi connectivity index (χ0n) is 14.0. The molecule has 0 aliphatic carbocycles. The Labute approximate surface area is 155 Å². The van der Waals surface area contributed by atoms with Crippen LogP contribution in [0.1, 0.15) is 25.1 Å². The van der Waals surface area contributed by atoms with E-state index in [1.54, 1.807) is 18.3 Å². The molecule has 7 nitrogen and oxygen atoms in total. The van der Waals surface area contributed by atoms with Crippen LogP contribution in [0.3, 0.4) is 0 Å². The Morgan fingerprint density at radius 1 is 1.46 bits per heavy atom. The lowest BCUT2D eigenvalue weighted by Crippen LogP contribution is -2.40. The Morgan fingerprint density at radius 2 is 2.27 bits per heavy atom. The van der Waals surface area contributed by atoms with Gasteiger partial charge < -0.3 is 19.5 Å². The normalized spacial score (nSPS) is 14.4. The Balaban J connectivity index is 1.85. The average molecular weight is 377 g/mol. The van der Waals surface area contributed by atoms with E-state index in [-0.39, 0.29) is 31.6 Å². The van der Waals surface area contributed by atoms with Crippen LogP contribution in [0.2, 0.25) is 5.02 Å². The zero-order chi connectivity index (χ0) is 18.7. The van der Waals surface area contributed by atoms with Crippen molar-refractivity contribution < 1.29 is 24.2 Å². The van der Waals surface area contributed by atoms with Crippen molar-refractivity contribution in [3.63, 3.8) is 0 Å². The Hall–Kier alpha value is -2.80. The van der Waals surface area contributed by atoms with Crippen molar-refractivity contribution in [3.8, 4) is 11.5 Å². The van der Waals surface area contributed by atoms with Crippen molar-refractivity contribution in [1.29, 1.82) is 0 Å². The van der Waals surface area contributed by atoms with E-state index in [0.29, 0.717) is 22.2 Å². The molecule has 1 aliphatic rings. The number of fused-ring (bicyclic) bond motifs is 1. The third-order valence-electron chi connectivity index (χ3n) is 3.91. The molecule has 136 valence electrons. The first-order valence-electron chi connectivity index (χ1n) is 8.02. The summed E-state index contributed by atoms with van der Waals surface area (Å²) in [7, 11) is 0. The minimum Gasteiger partial charge on any atom is -0.483 e. The fraction of sp³-hybridized carbons (Fsp3) is 0.278. The van der Waals surface area contributed by atoms with Crippen molar-refractivity contribution in [1.82, 2.24) is 4.98 Å². The number of hydrogen-bond donors (Lipinski definition) is 1. The van der Waals surface area contributed by atoms with E-state index in [2.05, 4.69) is 4.98 Å². The molecule has 8 heteroatoms. The number of pyridine rings is 1. The van der Waals surface area contributed by atoms with E-state index >= 15 is 0 Å². The standard InChI is InChI=1S/C18H17ClN2O5/c1-11(13-4-2-3-6-20-13)26-15-9-16-14(8-12(15)19)21(7-5-18(23)24)17(22)10-25-16/h2-4,6,8-9,11H,5,7,10H2,1H3,(H,23,24)/t11-/m1/s1. The molecule has 0 unspecified atom stereocenters. The molecule has 1 aromatic carbocycles. The molecule has 0 radical (unpaired) electrons. The first-order chi connectivity index (χ1) is 12.5. The second-order valence-electron chi connectivity index (χ2n) is 5.74. The number of amides is 1. The molecule has 1 N–H and O–H groups in total. The van der Waals surface area contributed by atoms with Crippen LogP contribution in [0.15, 0.2) is 36.5 Å². The van der Waals surface area contributed by atoms with E-state index in [1.807, 2.05) is 25.1 Å². The molecule has 0 saturated heterocycles. The van der Waals surface area contributed by atoms with Gasteiger partial charge in [-0.15, -0.1) is 0 Å². The predicted molar refractivity (Wildman–Crippen MR) is 94.8 cm³/mol. The van der Waals surface area contributed by atoms with E-state index in [4.69, 9.17) is 26.2 Å². The Morgan fingerprint density at radius 3 is 2.96 bits per heavy atom. The smallest absolute Gasteiger partial charge is 0.305 e. The van der Waals surface area contributed by atoms with Gasteiger partial charge in [-0.1, -0.05) is 17.7 Å². The first kappa shape index (κ1) is 18.0. The summed E-state index contributed by atoms with van der Waals surface area (Å²) in [4.78, 5) is 28.5. The number of carbonyl (C=O) groups is 2. The van der Waals surface area contributed by atoms with Gasteiger partial charge in [-0.3, -0.25) is 14.6 Å². The molecule has 1 amide bonds. The van der Waals surface area contributed by atoms with Crippen LogP contribution in [-0.4, -0.2) is 35.1 Å². The summed E-state index contributed by atoms with van der Waals surface area (Å²) in [6.07, 6.45) is 1.18. The van der Waals surface area contributed by atoms with Gasteiger partial charge in [-0.25, -0.2) is 0 Å². The second-order valence-corrected chi connectivity index (χ2v) is 6.15. The highest BCUT2D eigenvalue weighted by Gasteiger charge is 2.28. The number of carboxylic acid groups (broad SMARTS) is 1. The molecule has 0 fully saturated rings. The van der Waals surface area contributed by atoms with Crippen molar-refractivity contribution in [2.24, 2.45) is 0 Å². The quantitative estimate of drug-likeness (QED) is 0.833. The summed E-state index contributed by atoms with van der Waals surface area (Å²) in [6, 6.07) is 8.69. The van der Waals surface area contributed by atoms with Crippen molar-refractivity contribution >= 4 is 29.2 Å². The Kier molecular flexibility index (Phi) is 5.27. The minimum atomic E-state index is -0.985. The highest BCUT2D eigenvalue weighted by molar-refractivity contribution is 6.32.